The van der Waals surface area contributed by atoms with Gasteiger partial charge in [0.1, 0.15) is 6.04 Å². The van der Waals surface area contributed by atoms with Gasteiger partial charge in [-0.15, -0.1) is 0 Å². The minimum absolute atomic E-state index is 0.0280. The molecule has 0 radical (unpaired) electrons. The number of carbonyl (C=O) groups excluding carboxylic acids is 2. The van der Waals surface area contributed by atoms with Gasteiger partial charge >= 0.3 is 0 Å². The molecule has 2 N–H and O–H groups in total. The summed E-state index contributed by atoms with van der Waals surface area (Å²) in [5.74, 6) is -0.446. The van der Waals surface area contributed by atoms with Gasteiger partial charge in [-0.25, -0.2) is 0 Å². The van der Waals surface area contributed by atoms with E-state index in [9.17, 15) is 9.59 Å². The first-order chi connectivity index (χ1) is 19.2. The summed E-state index contributed by atoms with van der Waals surface area (Å²) in [6, 6.07) is 20.0. The molecule has 0 aromatic heterocycles. The highest BCUT2D eigenvalue weighted by Gasteiger charge is 2.53. The van der Waals surface area contributed by atoms with Crippen molar-refractivity contribution in [3.63, 3.8) is 0 Å². The van der Waals surface area contributed by atoms with Crippen LogP contribution in [0.3, 0.4) is 0 Å². The molecule has 210 valence electrons. The number of hydrogen-bond acceptors (Lipinski definition) is 3. The van der Waals surface area contributed by atoms with Crippen LogP contribution in [0.15, 0.2) is 66.7 Å². The lowest BCUT2D eigenvalue weighted by molar-refractivity contribution is -0.130. The maximum absolute atomic E-state index is 13.7. The van der Waals surface area contributed by atoms with Crippen molar-refractivity contribution in [3.05, 3.63) is 104 Å². The van der Waals surface area contributed by atoms with E-state index in [0.717, 1.165) is 43.6 Å². The van der Waals surface area contributed by atoms with E-state index in [1.165, 1.54) is 5.56 Å². The Morgan fingerprint density at radius 2 is 1.52 bits per heavy atom. The smallest absolute Gasteiger partial charge is 0.243 e. The van der Waals surface area contributed by atoms with Gasteiger partial charge in [0.2, 0.25) is 11.8 Å². The third-order valence-corrected chi connectivity index (χ3v) is 9.01. The van der Waals surface area contributed by atoms with E-state index >= 15 is 0 Å². The molecule has 0 spiro atoms. The molecule has 3 aromatic rings. The summed E-state index contributed by atoms with van der Waals surface area (Å²) in [7, 11) is 0. The molecule has 2 fully saturated rings. The average molecular weight is 619 g/mol. The second-order valence-corrected chi connectivity index (χ2v) is 12.4. The van der Waals surface area contributed by atoms with Gasteiger partial charge in [0.05, 0.1) is 5.41 Å². The molecule has 5 rings (SSSR count). The number of rotatable bonds is 9. The molecule has 1 heterocycles. The lowest BCUT2D eigenvalue weighted by Gasteiger charge is -2.33. The summed E-state index contributed by atoms with van der Waals surface area (Å²) in [6.45, 7) is 2.67. The summed E-state index contributed by atoms with van der Waals surface area (Å²) in [4.78, 5) is 29.7. The Hall–Kier alpha value is -2.28. The maximum atomic E-state index is 13.7. The highest BCUT2D eigenvalue weighted by Crippen LogP contribution is 2.51. The minimum Gasteiger partial charge on any atom is -0.351 e. The molecule has 1 aliphatic heterocycles. The fourth-order valence-corrected chi connectivity index (χ4v) is 6.49. The molecule has 2 amide bonds. The highest BCUT2D eigenvalue weighted by molar-refractivity contribution is 6.35. The lowest BCUT2D eigenvalue weighted by atomic mass is 9.93. The van der Waals surface area contributed by atoms with Crippen molar-refractivity contribution in [2.75, 3.05) is 13.1 Å². The minimum atomic E-state index is -0.808. The van der Waals surface area contributed by atoms with Crippen molar-refractivity contribution in [2.45, 2.75) is 56.1 Å². The van der Waals surface area contributed by atoms with Crippen molar-refractivity contribution < 1.29 is 9.59 Å². The Kier molecular flexibility index (Phi) is 9.28. The highest BCUT2D eigenvalue weighted by atomic mass is 35.5. The zero-order valence-electron chi connectivity index (χ0n) is 21.9. The Labute approximate surface area is 255 Å². The SMILES string of the molecule is O=C(NC1CCN(Cc2ccccc2)CC1)C(Cc1ccc(Cl)cc1Cl)NC(=O)C1(c2ccc(Cl)cc2Cl)CC1. The Bertz CT molecular complexity index is 1370. The monoisotopic (exact) mass is 617 g/mol. The predicted molar refractivity (Wildman–Crippen MR) is 162 cm³/mol. The van der Waals surface area contributed by atoms with E-state index in [2.05, 4.69) is 39.8 Å². The van der Waals surface area contributed by atoms with E-state index in [-0.39, 0.29) is 24.3 Å². The maximum Gasteiger partial charge on any atom is 0.243 e. The van der Waals surface area contributed by atoms with E-state index < -0.39 is 11.5 Å². The summed E-state index contributed by atoms with van der Waals surface area (Å²) >= 11 is 25.1. The topological polar surface area (TPSA) is 61.4 Å². The number of hydrogen-bond donors (Lipinski definition) is 2. The number of carbonyl (C=O) groups is 2. The normalized spacial score (nSPS) is 17.7. The number of nitrogens with one attached hydrogen (secondary N) is 2. The fourth-order valence-electron chi connectivity index (χ4n) is 5.41. The van der Waals surface area contributed by atoms with Gasteiger partial charge in [-0.2, -0.15) is 0 Å². The summed E-state index contributed by atoms with van der Waals surface area (Å²) < 4.78 is 0. The molecular weight excluding hydrogens is 588 g/mol. The van der Waals surface area contributed by atoms with Gasteiger partial charge in [0.25, 0.3) is 0 Å². The predicted octanol–water partition coefficient (Wildman–Crippen LogP) is 6.84. The van der Waals surface area contributed by atoms with Crippen molar-refractivity contribution in [1.29, 1.82) is 0 Å². The molecule has 9 heteroatoms. The van der Waals surface area contributed by atoms with E-state index in [1.54, 1.807) is 36.4 Å². The van der Waals surface area contributed by atoms with Crippen LogP contribution in [0.4, 0.5) is 0 Å². The molecule has 1 unspecified atom stereocenters. The van der Waals surface area contributed by atoms with Gasteiger partial charge in [-0.1, -0.05) is 88.9 Å². The molecule has 1 saturated heterocycles. The largest absolute Gasteiger partial charge is 0.351 e. The van der Waals surface area contributed by atoms with E-state index in [4.69, 9.17) is 46.4 Å². The number of nitrogens with zero attached hydrogens (tertiary/aromatic N) is 1. The number of amides is 2. The second-order valence-electron chi connectivity index (χ2n) is 10.7. The molecule has 1 atom stereocenters. The summed E-state index contributed by atoms with van der Waals surface area (Å²) in [5, 5.41) is 8.15. The van der Waals surface area contributed by atoms with Crippen LogP contribution in [-0.2, 0) is 28.0 Å². The van der Waals surface area contributed by atoms with Crippen LogP contribution in [0.25, 0.3) is 0 Å². The third kappa shape index (κ3) is 6.95. The number of halogens is 4. The van der Waals surface area contributed by atoms with Crippen molar-refractivity contribution >= 4 is 58.2 Å². The van der Waals surface area contributed by atoms with Gasteiger partial charge in [0, 0.05) is 52.2 Å². The van der Waals surface area contributed by atoms with Gasteiger partial charge in [-0.3, -0.25) is 14.5 Å². The molecule has 1 aliphatic carbocycles. The van der Waals surface area contributed by atoms with Crippen LogP contribution >= 0.6 is 46.4 Å². The molecule has 40 heavy (non-hydrogen) atoms. The zero-order chi connectivity index (χ0) is 28.3. The number of likely N-dealkylation sites (tertiary alicyclic amines) is 1. The lowest BCUT2D eigenvalue weighted by Crippen LogP contribution is -2.54. The van der Waals surface area contributed by atoms with Crippen molar-refractivity contribution in [2.24, 2.45) is 0 Å². The van der Waals surface area contributed by atoms with Gasteiger partial charge in [0.15, 0.2) is 0 Å². The Morgan fingerprint density at radius 1 is 0.875 bits per heavy atom. The van der Waals surface area contributed by atoms with Crippen molar-refractivity contribution in [1.82, 2.24) is 15.5 Å². The third-order valence-electron chi connectivity index (χ3n) is 7.88. The fraction of sp³-hybridized carbons (Fsp3) is 0.355. The summed E-state index contributed by atoms with van der Waals surface area (Å²) in [6.07, 6.45) is 3.22. The molecule has 0 bridgehead atoms. The van der Waals surface area contributed by atoms with Crippen LogP contribution in [0.1, 0.15) is 42.4 Å². The standard InChI is InChI=1S/C31H31Cl4N3O2/c32-22-7-6-21(26(34)17-22)16-28(37-30(40)31(12-13-31)25-9-8-23(33)18-27(25)35)29(39)36-24-10-14-38(15-11-24)19-20-4-2-1-3-5-20/h1-9,17-18,24,28H,10-16,19H2,(H,36,39)(H,37,40). The second kappa shape index (κ2) is 12.7. The van der Waals surface area contributed by atoms with Gasteiger partial charge < -0.3 is 10.6 Å². The summed E-state index contributed by atoms with van der Waals surface area (Å²) in [5.41, 5.74) is 1.97. The number of piperidine rings is 1. The van der Waals surface area contributed by atoms with Crippen molar-refractivity contribution in [3.8, 4) is 0 Å². The average Bonchev–Trinajstić information content (AvgIpc) is 3.73. The van der Waals surface area contributed by atoms with Crippen LogP contribution in [0, 0.1) is 0 Å². The molecular formula is C31H31Cl4N3O2. The molecule has 3 aromatic carbocycles. The Balaban J connectivity index is 1.27. The van der Waals surface area contributed by atoms with Crippen LogP contribution in [0.5, 0.6) is 0 Å². The first-order valence-corrected chi connectivity index (χ1v) is 15.0. The number of benzene rings is 3. The first-order valence-electron chi connectivity index (χ1n) is 13.5. The first kappa shape index (κ1) is 29.2. The molecule has 5 nitrogen and oxygen atoms in total. The van der Waals surface area contributed by atoms with Gasteiger partial charge in [-0.05, 0) is 66.6 Å². The molecule has 2 aliphatic rings. The van der Waals surface area contributed by atoms with Crippen LogP contribution in [-0.4, -0.2) is 41.9 Å². The zero-order valence-corrected chi connectivity index (χ0v) is 25.0. The van der Waals surface area contributed by atoms with E-state index in [1.807, 2.05) is 6.07 Å². The van der Waals surface area contributed by atoms with E-state index in [0.29, 0.717) is 32.9 Å². The Morgan fingerprint density at radius 3 is 2.15 bits per heavy atom. The van der Waals surface area contributed by atoms with Crippen LogP contribution < -0.4 is 10.6 Å². The molecule has 1 saturated carbocycles. The quantitative estimate of drug-likeness (QED) is 0.276. The van der Waals surface area contributed by atoms with Crippen LogP contribution in [0.2, 0.25) is 20.1 Å².